The number of aromatic amines is 1. The van der Waals surface area contributed by atoms with Gasteiger partial charge in [0.15, 0.2) is 10.6 Å². The van der Waals surface area contributed by atoms with Gasteiger partial charge in [-0.3, -0.25) is 9.67 Å². The Morgan fingerprint density at radius 1 is 1.04 bits per heavy atom. The molecule has 0 unspecified atom stereocenters. The van der Waals surface area contributed by atoms with Crippen LogP contribution in [0.3, 0.4) is 0 Å². The smallest absolute Gasteiger partial charge is 0.200 e. The largest absolute Gasteiger partial charge is 0.508 e. The molecule has 0 aliphatic carbocycles. The second kappa shape index (κ2) is 6.29. The quantitative estimate of drug-likeness (QED) is 0.329. The van der Waals surface area contributed by atoms with E-state index in [1.165, 1.54) is 12.1 Å². The van der Waals surface area contributed by atoms with Gasteiger partial charge in [-0.05, 0) is 35.8 Å². The lowest BCUT2D eigenvalue weighted by molar-refractivity contribution is 0.455. The third kappa shape index (κ3) is 2.54. The lowest BCUT2D eigenvalue weighted by atomic mass is 10.1. The van der Waals surface area contributed by atoms with Gasteiger partial charge in [0.05, 0.1) is 11.3 Å². The molecule has 1 heterocycles. The molecule has 3 aromatic carbocycles. The summed E-state index contributed by atoms with van der Waals surface area (Å²) in [6, 6.07) is 16.7. The molecular weight excluding hydrogens is 348 g/mol. The van der Waals surface area contributed by atoms with Crippen LogP contribution < -0.4 is 5.73 Å². The highest BCUT2D eigenvalue weighted by Gasteiger charge is 2.18. The Bertz CT molecular complexity index is 1170. The van der Waals surface area contributed by atoms with Crippen molar-refractivity contribution in [3.8, 4) is 28.6 Å². The van der Waals surface area contributed by atoms with Gasteiger partial charge in [-0.1, -0.05) is 36.4 Å². The Morgan fingerprint density at radius 3 is 2.62 bits per heavy atom. The minimum absolute atomic E-state index is 0.00121. The monoisotopic (exact) mass is 364 g/mol. The van der Waals surface area contributed by atoms with E-state index in [0.29, 0.717) is 21.7 Å². The summed E-state index contributed by atoms with van der Waals surface area (Å²) in [5.74, 6) is 0.375. The third-order valence-corrected chi connectivity index (χ3v) is 4.61. The van der Waals surface area contributed by atoms with E-state index in [2.05, 4.69) is 10.2 Å². The van der Waals surface area contributed by atoms with Crippen LogP contribution >= 0.6 is 12.2 Å². The number of hydrogen-bond donors (Lipinski definition) is 4. The Hall–Kier alpha value is -3.16. The van der Waals surface area contributed by atoms with Crippen LogP contribution in [0.25, 0.3) is 27.8 Å². The first-order valence-electron chi connectivity index (χ1n) is 8.01. The van der Waals surface area contributed by atoms with Gasteiger partial charge < -0.3 is 15.9 Å². The molecule has 0 saturated carbocycles. The minimum atomic E-state index is -0.0289. The lowest BCUT2D eigenvalue weighted by Gasteiger charge is -2.12. The van der Waals surface area contributed by atoms with Gasteiger partial charge in [-0.2, -0.15) is 5.10 Å². The number of nitrogens with two attached hydrogens (primary N) is 1. The Labute approximate surface area is 154 Å². The topological polar surface area (TPSA) is 100 Å². The standard InChI is InChI=1S/C19H16N4O2S/c20-10-12-8-17(25)14(9-16(12)24)18-21-22-19(26)23(18)15-7-3-5-11-4-1-2-6-13(11)15/h1-9,24-25H,10,20H2,(H,22,26). The van der Waals surface area contributed by atoms with E-state index < -0.39 is 0 Å². The highest BCUT2D eigenvalue weighted by molar-refractivity contribution is 7.71. The Balaban J connectivity index is 2.01. The Morgan fingerprint density at radius 2 is 1.81 bits per heavy atom. The normalized spacial score (nSPS) is 11.1. The predicted octanol–water partition coefficient (Wildman–Crippen LogP) is 3.62. The first kappa shape index (κ1) is 16.3. The summed E-state index contributed by atoms with van der Waals surface area (Å²) in [6.45, 7) is 0.121. The molecule has 0 aliphatic heterocycles. The van der Waals surface area contributed by atoms with Crippen LogP contribution in [0.2, 0.25) is 0 Å². The second-order valence-electron chi connectivity index (χ2n) is 5.89. The average Bonchev–Trinajstić information content (AvgIpc) is 3.03. The zero-order chi connectivity index (χ0) is 18.3. The van der Waals surface area contributed by atoms with Crippen molar-refractivity contribution in [3.63, 3.8) is 0 Å². The van der Waals surface area contributed by atoms with Crippen molar-refractivity contribution in [2.75, 3.05) is 0 Å². The first-order valence-corrected chi connectivity index (χ1v) is 8.42. The van der Waals surface area contributed by atoms with Crippen LogP contribution in [0.15, 0.2) is 54.6 Å². The maximum Gasteiger partial charge on any atom is 0.200 e. The predicted molar refractivity (Wildman–Crippen MR) is 103 cm³/mol. The van der Waals surface area contributed by atoms with E-state index in [-0.39, 0.29) is 18.0 Å². The lowest BCUT2D eigenvalue weighted by Crippen LogP contribution is -2.01. The van der Waals surface area contributed by atoms with Gasteiger partial charge >= 0.3 is 0 Å². The number of nitrogens with zero attached hydrogens (tertiary/aromatic N) is 2. The molecular formula is C19H16N4O2S. The number of H-pyrrole nitrogens is 1. The molecule has 0 radical (unpaired) electrons. The number of aromatic hydroxyl groups is 2. The van der Waals surface area contributed by atoms with Gasteiger partial charge in [0.1, 0.15) is 11.5 Å². The molecule has 4 aromatic rings. The van der Waals surface area contributed by atoms with Gasteiger partial charge in [0.2, 0.25) is 0 Å². The molecule has 0 atom stereocenters. The highest BCUT2D eigenvalue weighted by Crippen LogP contribution is 2.36. The number of rotatable bonds is 3. The van der Waals surface area contributed by atoms with E-state index >= 15 is 0 Å². The average molecular weight is 364 g/mol. The van der Waals surface area contributed by atoms with Crippen LogP contribution in [0.5, 0.6) is 11.5 Å². The van der Waals surface area contributed by atoms with E-state index in [0.717, 1.165) is 16.5 Å². The number of fused-ring (bicyclic) bond motifs is 1. The first-order chi connectivity index (χ1) is 12.6. The van der Waals surface area contributed by atoms with Crippen LogP contribution in [0, 0.1) is 4.77 Å². The maximum absolute atomic E-state index is 10.4. The molecule has 0 amide bonds. The SMILES string of the molecule is NCc1cc(O)c(-c2n[nH]c(=S)n2-c2cccc3ccccc23)cc1O. The maximum atomic E-state index is 10.4. The summed E-state index contributed by atoms with van der Waals surface area (Å²) in [5.41, 5.74) is 7.23. The number of phenolic OH excluding ortho intramolecular Hbond substituents is 2. The summed E-state index contributed by atoms with van der Waals surface area (Å²) in [4.78, 5) is 0. The van der Waals surface area contributed by atoms with E-state index in [1.54, 1.807) is 4.57 Å². The van der Waals surface area contributed by atoms with Crippen molar-refractivity contribution in [1.82, 2.24) is 14.8 Å². The van der Waals surface area contributed by atoms with Crippen molar-refractivity contribution >= 4 is 23.0 Å². The van der Waals surface area contributed by atoms with Crippen LogP contribution in [0.1, 0.15) is 5.56 Å². The fraction of sp³-hybridized carbons (Fsp3) is 0.0526. The number of phenols is 2. The number of benzene rings is 3. The van der Waals surface area contributed by atoms with Crippen molar-refractivity contribution in [2.24, 2.45) is 5.73 Å². The Kier molecular flexibility index (Phi) is 3.95. The molecule has 0 bridgehead atoms. The molecule has 26 heavy (non-hydrogen) atoms. The molecule has 6 nitrogen and oxygen atoms in total. The minimum Gasteiger partial charge on any atom is -0.508 e. The fourth-order valence-corrected chi connectivity index (χ4v) is 3.30. The molecule has 7 heteroatoms. The molecule has 0 fully saturated rings. The van der Waals surface area contributed by atoms with Gasteiger partial charge in [0.25, 0.3) is 0 Å². The van der Waals surface area contributed by atoms with Crippen LogP contribution in [-0.4, -0.2) is 25.0 Å². The van der Waals surface area contributed by atoms with Gasteiger partial charge in [-0.15, -0.1) is 0 Å². The van der Waals surface area contributed by atoms with Crippen LogP contribution in [-0.2, 0) is 6.54 Å². The summed E-state index contributed by atoms with van der Waals surface area (Å²) in [7, 11) is 0. The molecule has 130 valence electrons. The number of hydrogen-bond acceptors (Lipinski definition) is 5. The highest BCUT2D eigenvalue weighted by atomic mass is 32.1. The summed E-state index contributed by atoms with van der Waals surface area (Å²) < 4.78 is 2.13. The summed E-state index contributed by atoms with van der Waals surface area (Å²) in [6.07, 6.45) is 0. The zero-order valence-corrected chi connectivity index (χ0v) is 14.5. The summed E-state index contributed by atoms with van der Waals surface area (Å²) in [5, 5.41) is 29.7. The van der Waals surface area contributed by atoms with Crippen molar-refractivity contribution in [2.45, 2.75) is 6.54 Å². The zero-order valence-electron chi connectivity index (χ0n) is 13.7. The van der Waals surface area contributed by atoms with E-state index in [9.17, 15) is 10.2 Å². The third-order valence-electron chi connectivity index (χ3n) is 4.34. The van der Waals surface area contributed by atoms with Gasteiger partial charge in [-0.25, -0.2) is 0 Å². The van der Waals surface area contributed by atoms with Gasteiger partial charge in [0, 0.05) is 17.5 Å². The molecule has 1 aromatic heterocycles. The molecule has 4 rings (SSSR count). The van der Waals surface area contributed by atoms with E-state index in [4.69, 9.17) is 18.0 Å². The van der Waals surface area contributed by atoms with E-state index in [1.807, 2.05) is 42.5 Å². The van der Waals surface area contributed by atoms with Crippen molar-refractivity contribution < 1.29 is 10.2 Å². The van der Waals surface area contributed by atoms with Crippen molar-refractivity contribution in [3.05, 3.63) is 64.9 Å². The number of aromatic nitrogens is 3. The number of nitrogens with one attached hydrogen (secondary N) is 1. The second-order valence-corrected chi connectivity index (χ2v) is 6.27. The molecule has 0 spiro atoms. The van der Waals surface area contributed by atoms with Crippen LogP contribution in [0.4, 0.5) is 0 Å². The fourth-order valence-electron chi connectivity index (χ4n) is 3.07. The molecule has 0 aliphatic rings. The van der Waals surface area contributed by atoms with Crippen molar-refractivity contribution in [1.29, 1.82) is 0 Å². The molecule has 0 saturated heterocycles. The summed E-state index contributed by atoms with van der Waals surface area (Å²) >= 11 is 5.42. The molecule has 5 N–H and O–H groups in total.